The van der Waals surface area contributed by atoms with Crippen molar-refractivity contribution in [2.45, 2.75) is 19.3 Å². The molecule has 0 aromatic heterocycles. The molecule has 1 aromatic carbocycles. The largest absolute Gasteiger partial charge is 0.478 e. The first kappa shape index (κ1) is 14.8. The zero-order chi connectivity index (χ0) is 14.5. The maximum absolute atomic E-state index is 13.2. The van der Waals surface area contributed by atoms with E-state index < -0.39 is 11.8 Å². The third-order valence-electron chi connectivity index (χ3n) is 3.30. The summed E-state index contributed by atoms with van der Waals surface area (Å²) in [5.41, 5.74) is -0.0772. The number of carboxylic acid groups (broad SMARTS) is 1. The number of amides is 1. The highest BCUT2D eigenvalue weighted by molar-refractivity contribution is 7.99. The number of thioether (sulfide) groups is 1. The number of hydrogen-bond donors (Lipinski definition) is 2. The van der Waals surface area contributed by atoms with Crippen molar-refractivity contribution in [1.29, 1.82) is 0 Å². The number of carbonyl (C=O) groups is 2. The van der Waals surface area contributed by atoms with Crippen molar-refractivity contribution >= 4 is 29.3 Å². The molecule has 20 heavy (non-hydrogen) atoms. The first-order valence-corrected chi connectivity index (χ1v) is 7.62. The van der Waals surface area contributed by atoms with Crippen molar-refractivity contribution < 1.29 is 19.1 Å². The van der Waals surface area contributed by atoms with Crippen LogP contribution in [0, 0.1) is 11.7 Å². The molecule has 1 fully saturated rings. The van der Waals surface area contributed by atoms with Crippen LogP contribution in [0.5, 0.6) is 0 Å². The number of benzene rings is 1. The van der Waals surface area contributed by atoms with E-state index in [0.717, 1.165) is 42.5 Å². The number of rotatable bonds is 4. The molecule has 1 heterocycles. The topological polar surface area (TPSA) is 66.4 Å². The normalized spacial score (nSPS) is 15.8. The fraction of sp³-hybridized carbons (Fsp3) is 0.429. The van der Waals surface area contributed by atoms with Gasteiger partial charge < -0.3 is 10.4 Å². The molecule has 1 aliphatic heterocycles. The summed E-state index contributed by atoms with van der Waals surface area (Å²) in [7, 11) is 0. The van der Waals surface area contributed by atoms with Gasteiger partial charge in [0, 0.05) is 6.42 Å². The van der Waals surface area contributed by atoms with E-state index in [-0.39, 0.29) is 17.2 Å². The molecule has 0 bridgehead atoms. The monoisotopic (exact) mass is 297 g/mol. The molecule has 1 aliphatic rings. The van der Waals surface area contributed by atoms with E-state index in [9.17, 15) is 14.0 Å². The maximum atomic E-state index is 13.2. The lowest BCUT2D eigenvalue weighted by molar-refractivity contribution is -0.117. The average molecular weight is 297 g/mol. The second kappa shape index (κ2) is 6.74. The van der Waals surface area contributed by atoms with Gasteiger partial charge in [0.2, 0.25) is 5.91 Å². The van der Waals surface area contributed by atoms with Crippen LogP contribution in [-0.4, -0.2) is 28.5 Å². The molecular weight excluding hydrogens is 281 g/mol. The molecular formula is C14H16FNO3S. The Hall–Kier alpha value is -1.56. The van der Waals surface area contributed by atoms with Gasteiger partial charge in [-0.2, -0.15) is 11.8 Å². The lowest BCUT2D eigenvalue weighted by Gasteiger charge is -2.20. The van der Waals surface area contributed by atoms with Gasteiger partial charge in [0.25, 0.3) is 0 Å². The Bertz CT molecular complexity index is 515. The fourth-order valence-electron chi connectivity index (χ4n) is 2.22. The first-order valence-electron chi connectivity index (χ1n) is 6.46. The van der Waals surface area contributed by atoms with Gasteiger partial charge in [0.15, 0.2) is 0 Å². The SMILES string of the molecule is O=C(CC1CCSCC1)Nc1cc(F)ccc1C(=O)O. The van der Waals surface area contributed by atoms with E-state index in [1.54, 1.807) is 0 Å². The number of halogens is 1. The smallest absolute Gasteiger partial charge is 0.337 e. The van der Waals surface area contributed by atoms with Crippen LogP contribution in [0.15, 0.2) is 18.2 Å². The molecule has 6 heteroatoms. The zero-order valence-electron chi connectivity index (χ0n) is 10.9. The van der Waals surface area contributed by atoms with Crippen LogP contribution in [-0.2, 0) is 4.79 Å². The van der Waals surface area contributed by atoms with Crippen molar-refractivity contribution in [1.82, 2.24) is 0 Å². The highest BCUT2D eigenvalue weighted by Crippen LogP contribution is 2.26. The summed E-state index contributed by atoms with van der Waals surface area (Å²) >= 11 is 1.88. The van der Waals surface area contributed by atoms with Crippen LogP contribution in [0.1, 0.15) is 29.6 Å². The molecule has 0 saturated carbocycles. The van der Waals surface area contributed by atoms with Crippen molar-refractivity contribution in [3.63, 3.8) is 0 Å². The Morgan fingerprint density at radius 1 is 1.35 bits per heavy atom. The van der Waals surface area contributed by atoms with Gasteiger partial charge >= 0.3 is 5.97 Å². The van der Waals surface area contributed by atoms with Gasteiger partial charge in [0.1, 0.15) is 5.82 Å². The number of nitrogens with one attached hydrogen (secondary N) is 1. The highest BCUT2D eigenvalue weighted by atomic mass is 32.2. The molecule has 1 saturated heterocycles. The van der Waals surface area contributed by atoms with Crippen LogP contribution in [0.2, 0.25) is 0 Å². The molecule has 2 N–H and O–H groups in total. The summed E-state index contributed by atoms with van der Waals surface area (Å²) in [6.07, 6.45) is 2.34. The van der Waals surface area contributed by atoms with Crippen LogP contribution < -0.4 is 5.32 Å². The second-order valence-electron chi connectivity index (χ2n) is 4.80. The number of hydrogen-bond acceptors (Lipinski definition) is 3. The van der Waals surface area contributed by atoms with Gasteiger partial charge in [-0.15, -0.1) is 0 Å². The lowest BCUT2D eigenvalue weighted by Crippen LogP contribution is -2.20. The summed E-state index contributed by atoms with van der Waals surface area (Å²) in [5.74, 6) is 0.429. The van der Waals surface area contributed by atoms with Crippen molar-refractivity contribution in [2.24, 2.45) is 5.92 Å². The molecule has 108 valence electrons. The Kier molecular flexibility index (Phi) is 5.00. The minimum atomic E-state index is -1.19. The maximum Gasteiger partial charge on any atom is 0.337 e. The van der Waals surface area contributed by atoms with E-state index >= 15 is 0 Å². The van der Waals surface area contributed by atoms with Crippen LogP contribution in [0.25, 0.3) is 0 Å². The van der Waals surface area contributed by atoms with Crippen molar-refractivity contribution in [3.8, 4) is 0 Å². The Morgan fingerprint density at radius 2 is 2.05 bits per heavy atom. The molecule has 0 radical (unpaired) electrons. The molecule has 0 aliphatic carbocycles. The number of carboxylic acids is 1. The number of aromatic carboxylic acids is 1. The van der Waals surface area contributed by atoms with Crippen LogP contribution >= 0.6 is 11.8 Å². The Morgan fingerprint density at radius 3 is 2.70 bits per heavy atom. The lowest BCUT2D eigenvalue weighted by atomic mass is 9.98. The van der Waals surface area contributed by atoms with E-state index in [0.29, 0.717) is 12.3 Å². The molecule has 1 aromatic rings. The molecule has 4 nitrogen and oxygen atoms in total. The summed E-state index contributed by atoms with van der Waals surface area (Å²) in [5, 5.41) is 11.5. The van der Waals surface area contributed by atoms with Crippen molar-refractivity contribution in [3.05, 3.63) is 29.6 Å². The highest BCUT2D eigenvalue weighted by Gasteiger charge is 2.19. The zero-order valence-corrected chi connectivity index (χ0v) is 11.7. The van der Waals surface area contributed by atoms with Crippen molar-refractivity contribution in [2.75, 3.05) is 16.8 Å². The van der Waals surface area contributed by atoms with E-state index in [1.807, 2.05) is 11.8 Å². The van der Waals surface area contributed by atoms with Crippen LogP contribution in [0.3, 0.4) is 0 Å². The summed E-state index contributed by atoms with van der Waals surface area (Å²) < 4.78 is 13.2. The molecule has 0 unspecified atom stereocenters. The minimum absolute atomic E-state index is 0.0210. The van der Waals surface area contributed by atoms with E-state index in [4.69, 9.17) is 5.11 Å². The molecule has 1 amide bonds. The number of anilines is 1. The Labute approximate surface area is 120 Å². The van der Waals surface area contributed by atoms with Gasteiger partial charge in [-0.25, -0.2) is 9.18 Å². The fourth-order valence-corrected chi connectivity index (χ4v) is 3.42. The third-order valence-corrected chi connectivity index (χ3v) is 4.35. The predicted octanol–water partition coefficient (Wildman–Crippen LogP) is 3.00. The number of carbonyl (C=O) groups excluding carboxylic acids is 1. The van der Waals surface area contributed by atoms with Gasteiger partial charge in [-0.3, -0.25) is 4.79 Å². The van der Waals surface area contributed by atoms with Gasteiger partial charge in [0.05, 0.1) is 11.3 Å². The van der Waals surface area contributed by atoms with Crippen LogP contribution in [0.4, 0.5) is 10.1 Å². The quantitative estimate of drug-likeness (QED) is 0.896. The predicted molar refractivity (Wildman–Crippen MR) is 76.7 cm³/mol. The average Bonchev–Trinajstić information content (AvgIpc) is 2.39. The summed E-state index contributed by atoms with van der Waals surface area (Å²) in [6, 6.07) is 3.26. The van der Waals surface area contributed by atoms with Gasteiger partial charge in [-0.05, 0) is 48.5 Å². The third kappa shape index (κ3) is 3.96. The second-order valence-corrected chi connectivity index (χ2v) is 6.03. The van der Waals surface area contributed by atoms with E-state index in [2.05, 4.69) is 5.32 Å². The standard InChI is InChI=1S/C14H16FNO3S/c15-10-1-2-11(14(18)19)12(8-10)16-13(17)7-9-3-5-20-6-4-9/h1-2,8-9H,3-7H2,(H,16,17)(H,18,19). The first-order chi connectivity index (χ1) is 9.56. The summed E-state index contributed by atoms with van der Waals surface area (Å²) in [4.78, 5) is 23.0. The van der Waals surface area contributed by atoms with E-state index in [1.165, 1.54) is 0 Å². The minimum Gasteiger partial charge on any atom is -0.478 e. The van der Waals surface area contributed by atoms with Gasteiger partial charge in [-0.1, -0.05) is 0 Å². The summed E-state index contributed by atoms with van der Waals surface area (Å²) in [6.45, 7) is 0. The Balaban J connectivity index is 2.03. The molecule has 0 spiro atoms. The molecule has 2 rings (SSSR count). The molecule has 0 atom stereocenters.